The molecule has 1 fully saturated rings. The van der Waals surface area contributed by atoms with Crippen LogP contribution in [-0.4, -0.2) is 26.3 Å². The fraction of sp³-hybridized carbons (Fsp3) is 0.300. The summed E-state index contributed by atoms with van der Waals surface area (Å²) in [5, 5.41) is 15.6. The van der Waals surface area contributed by atoms with Crippen LogP contribution < -0.4 is 0 Å². The maximum absolute atomic E-state index is 11.0. The van der Waals surface area contributed by atoms with Crippen LogP contribution in [0.25, 0.3) is 10.6 Å². The lowest BCUT2D eigenvalue weighted by Gasteiger charge is -1.99. The number of thiazole rings is 1. The molecule has 2 aromatic heterocycles. The zero-order valence-corrected chi connectivity index (χ0v) is 9.12. The number of hydrogen-bond donors (Lipinski definition) is 2. The molecule has 0 spiro atoms. The van der Waals surface area contributed by atoms with Gasteiger partial charge in [0, 0.05) is 5.92 Å². The quantitative estimate of drug-likeness (QED) is 0.853. The number of hydrogen-bond acceptors (Lipinski definition) is 4. The summed E-state index contributed by atoms with van der Waals surface area (Å²) in [6.07, 6.45) is 3.63. The molecular weight excluding hydrogens is 226 g/mol. The molecule has 0 saturated heterocycles. The Morgan fingerprint density at radius 2 is 2.38 bits per heavy atom. The Balaban J connectivity index is 2.10. The average Bonchev–Trinajstić information content (AvgIpc) is 2.82. The van der Waals surface area contributed by atoms with Crippen molar-refractivity contribution in [2.75, 3.05) is 0 Å². The minimum Gasteiger partial charge on any atom is -0.478 e. The van der Waals surface area contributed by atoms with Gasteiger partial charge in [-0.3, -0.25) is 5.10 Å². The van der Waals surface area contributed by atoms with E-state index in [1.807, 2.05) is 0 Å². The van der Waals surface area contributed by atoms with Crippen molar-refractivity contribution in [2.45, 2.75) is 18.8 Å². The molecule has 0 bridgehead atoms. The molecule has 2 aromatic rings. The van der Waals surface area contributed by atoms with E-state index in [-0.39, 0.29) is 5.56 Å². The number of carboxylic acid groups (broad SMARTS) is 1. The number of carbonyl (C=O) groups is 1. The van der Waals surface area contributed by atoms with Gasteiger partial charge >= 0.3 is 5.97 Å². The molecule has 6 heteroatoms. The van der Waals surface area contributed by atoms with E-state index < -0.39 is 5.97 Å². The number of aromatic amines is 1. The van der Waals surface area contributed by atoms with Crippen molar-refractivity contribution in [1.29, 1.82) is 0 Å². The van der Waals surface area contributed by atoms with Crippen molar-refractivity contribution >= 4 is 17.3 Å². The van der Waals surface area contributed by atoms with Gasteiger partial charge in [0.25, 0.3) is 0 Å². The van der Waals surface area contributed by atoms with E-state index in [0.717, 1.165) is 23.4 Å². The zero-order valence-electron chi connectivity index (χ0n) is 8.30. The van der Waals surface area contributed by atoms with Crippen LogP contribution in [0.1, 0.15) is 34.8 Å². The van der Waals surface area contributed by atoms with Gasteiger partial charge in [0.15, 0.2) is 0 Å². The van der Waals surface area contributed by atoms with E-state index in [1.165, 1.54) is 17.5 Å². The fourth-order valence-corrected chi connectivity index (χ4v) is 2.60. The molecule has 1 aliphatic rings. The van der Waals surface area contributed by atoms with Gasteiger partial charge in [0.2, 0.25) is 0 Å². The third kappa shape index (κ3) is 1.42. The van der Waals surface area contributed by atoms with Crippen molar-refractivity contribution in [3.8, 4) is 10.6 Å². The first kappa shape index (κ1) is 9.53. The lowest BCUT2D eigenvalue weighted by molar-refractivity contribution is 0.0698. The second-order valence-electron chi connectivity index (χ2n) is 3.80. The summed E-state index contributed by atoms with van der Waals surface area (Å²) in [5.41, 5.74) is 3.56. The van der Waals surface area contributed by atoms with Gasteiger partial charge in [-0.1, -0.05) is 0 Å². The van der Waals surface area contributed by atoms with Crippen LogP contribution in [-0.2, 0) is 0 Å². The highest BCUT2D eigenvalue weighted by molar-refractivity contribution is 7.13. The van der Waals surface area contributed by atoms with E-state index >= 15 is 0 Å². The maximum Gasteiger partial charge on any atom is 0.339 e. The summed E-state index contributed by atoms with van der Waals surface area (Å²) in [4.78, 5) is 16.2. The number of aromatic nitrogens is 3. The maximum atomic E-state index is 11.0. The Bertz CT molecular complexity index is 542. The summed E-state index contributed by atoms with van der Waals surface area (Å²) in [6.45, 7) is 0. The van der Waals surface area contributed by atoms with Gasteiger partial charge in [-0.15, -0.1) is 11.3 Å². The minimum absolute atomic E-state index is 0.214. The smallest absolute Gasteiger partial charge is 0.339 e. The molecule has 2 N–H and O–H groups in total. The van der Waals surface area contributed by atoms with Gasteiger partial charge < -0.3 is 5.11 Å². The van der Waals surface area contributed by atoms with Crippen molar-refractivity contribution in [3.05, 3.63) is 23.0 Å². The molecule has 3 rings (SSSR count). The van der Waals surface area contributed by atoms with E-state index in [9.17, 15) is 4.79 Å². The SMILES string of the molecule is O=C(O)c1cn[nH]c1-c1scnc1C1CC1. The van der Waals surface area contributed by atoms with Crippen LogP contribution in [0.15, 0.2) is 11.7 Å². The Kier molecular flexibility index (Phi) is 2.03. The van der Waals surface area contributed by atoms with Crippen molar-refractivity contribution in [2.24, 2.45) is 0 Å². The Morgan fingerprint density at radius 1 is 1.56 bits per heavy atom. The van der Waals surface area contributed by atoms with E-state index in [4.69, 9.17) is 5.11 Å². The number of aromatic carboxylic acids is 1. The first-order valence-electron chi connectivity index (χ1n) is 4.98. The van der Waals surface area contributed by atoms with E-state index in [0.29, 0.717) is 11.6 Å². The normalized spacial score (nSPS) is 15.2. The molecule has 2 heterocycles. The second-order valence-corrected chi connectivity index (χ2v) is 4.66. The van der Waals surface area contributed by atoms with Crippen molar-refractivity contribution in [1.82, 2.24) is 15.2 Å². The van der Waals surface area contributed by atoms with Crippen molar-refractivity contribution < 1.29 is 9.90 Å². The zero-order chi connectivity index (χ0) is 11.1. The van der Waals surface area contributed by atoms with Crippen LogP contribution in [0.4, 0.5) is 0 Å². The summed E-state index contributed by atoms with van der Waals surface area (Å²) in [6, 6.07) is 0. The summed E-state index contributed by atoms with van der Waals surface area (Å²) >= 11 is 1.46. The summed E-state index contributed by atoms with van der Waals surface area (Å²) in [5.74, 6) is -0.454. The third-order valence-electron chi connectivity index (χ3n) is 2.66. The molecule has 1 saturated carbocycles. The largest absolute Gasteiger partial charge is 0.478 e. The van der Waals surface area contributed by atoms with Gasteiger partial charge in [0.1, 0.15) is 5.56 Å². The number of nitrogens with zero attached hydrogens (tertiary/aromatic N) is 2. The predicted molar refractivity (Wildman–Crippen MR) is 58.6 cm³/mol. The first-order valence-corrected chi connectivity index (χ1v) is 5.85. The molecule has 5 nitrogen and oxygen atoms in total. The van der Waals surface area contributed by atoms with Crippen LogP contribution in [0, 0.1) is 0 Å². The molecule has 0 radical (unpaired) electrons. The fourth-order valence-electron chi connectivity index (χ4n) is 1.71. The predicted octanol–water partition coefficient (Wildman–Crippen LogP) is 2.11. The number of carboxylic acids is 1. The standard InChI is InChI=1S/C10H9N3O2S/c14-10(15)6-3-12-13-8(6)9-7(5-1-2-5)11-4-16-9/h3-5H,1-2H2,(H,12,13)(H,14,15). The molecule has 1 aliphatic carbocycles. The third-order valence-corrected chi connectivity index (χ3v) is 3.52. The Labute approximate surface area is 95.2 Å². The van der Waals surface area contributed by atoms with Crippen LogP contribution in [0.3, 0.4) is 0 Å². The minimum atomic E-state index is -0.959. The van der Waals surface area contributed by atoms with Crippen LogP contribution in [0.5, 0.6) is 0 Å². The van der Waals surface area contributed by atoms with Crippen LogP contribution in [0.2, 0.25) is 0 Å². The van der Waals surface area contributed by atoms with Crippen molar-refractivity contribution in [3.63, 3.8) is 0 Å². The molecule has 0 aromatic carbocycles. The lowest BCUT2D eigenvalue weighted by atomic mass is 10.1. The van der Waals surface area contributed by atoms with E-state index in [2.05, 4.69) is 15.2 Å². The average molecular weight is 235 g/mol. The molecule has 0 aliphatic heterocycles. The molecule has 0 unspecified atom stereocenters. The second kappa shape index (κ2) is 3.41. The molecule has 16 heavy (non-hydrogen) atoms. The number of nitrogens with one attached hydrogen (secondary N) is 1. The molecule has 82 valence electrons. The molecular formula is C10H9N3O2S. The Morgan fingerprint density at radius 3 is 3.06 bits per heavy atom. The van der Waals surface area contributed by atoms with Crippen LogP contribution >= 0.6 is 11.3 Å². The molecule has 0 amide bonds. The highest BCUT2D eigenvalue weighted by Crippen LogP contribution is 2.45. The number of H-pyrrole nitrogens is 1. The Hall–Kier alpha value is -1.69. The van der Waals surface area contributed by atoms with Gasteiger partial charge in [-0.25, -0.2) is 9.78 Å². The number of rotatable bonds is 3. The topological polar surface area (TPSA) is 78.9 Å². The monoisotopic (exact) mass is 235 g/mol. The first-order chi connectivity index (χ1) is 7.77. The molecule has 0 atom stereocenters. The summed E-state index contributed by atoms with van der Waals surface area (Å²) in [7, 11) is 0. The summed E-state index contributed by atoms with van der Waals surface area (Å²) < 4.78 is 0. The van der Waals surface area contributed by atoms with Gasteiger partial charge in [0.05, 0.1) is 28.0 Å². The van der Waals surface area contributed by atoms with Gasteiger partial charge in [-0.2, -0.15) is 5.10 Å². The van der Waals surface area contributed by atoms with Gasteiger partial charge in [-0.05, 0) is 12.8 Å². The van der Waals surface area contributed by atoms with E-state index in [1.54, 1.807) is 5.51 Å². The highest BCUT2D eigenvalue weighted by Gasteiger charge is 2.30. The lowest BCUT2D eigenvalue weighted by Crippen LogP contribution is -1.97. The highest BCUT2D eigenvalue weighted by atomic mass is 32.1.